The molecule has 0 aliphatic rings. The molecule has 0 atom stereocenters. The van der Waals surface area contributed by atoms with Crippen molar-refractivity contribution >= 4 is 28.6 Å². The van der Waals surface area contributed by atoms with Crippen LogP contribution in [0.1, 0.15) is 19.3 Å². The highest BCUT2D eigenvalue weighted by Gasteiger charge is 2.02. The number of hydrogen-bond acceptors (Lipinski definition) is 2. The first-order valence-electron chi connectivity index (χ1n) is 5.75. The maximum Gasteiger partial charge on any atom is 0.201 e. The highest BCUT2D eigenvalue weighted by Crippen LogP contribution is 2.15. The molecule has 0 radical (unpaired) electrons. The van der Waals surface area contributed by atoms with Crippen LogP contribution in [0.2, 0.25) is 0 Å². The molecule has 0 saturated heterocycles. The van der Waals surface area contributed by atoms with Gasteiger partial charge in [0.05, 0.1) is 11.0 Å². The summed E-state index contributed by atoms with van der Waals surface area (Å²) in [5.74, 6) is 1.15. The van der Waals surface area contributed by atoms with Crippen LogP contribution in [0.25, 0.3) is 11.0 Å². The molecule has 0 aliphatic carbocycles. The maximum absolute atomic E-state index is 13.0. The fourth-order valence-electron chi connectivity index (χ4n) is 1.67. The zero-order valence-electron chi connectivity index (χ0n) is 9.47. The summed E-state index contributed by atoms with van der Waals surface area (Å²) >= 11 is 5.59. The van der Waals surface area contributed by atoms with Gasteiger partial charge in [-0.05, 0) is 31.0 Å². The van der Waals surface area contributed by atoms with Crippen LogP contribution in [0.15, 0.2) is 18.2 Å². The minimum Gasteiger partial charge on any atom is -0.356 e. The van der Waals surface area contributed by atoms with Crippen molar-refractivity contribution in [2.45, 2.75) is 19.3 Å². The molecular weight excluding hydrogens is 241 g/mol. The van der Waals surface area contributed by atoms with Crippen LogP contribution in [0.3, 0.4) is 0 Å². The standard InChI is InChI=1S/C12H15ClFN3/c13-6-2-1-3-7-15-12-16-10-5-4-9(14)8-11(10)17-12/h4-5,8H,1-3,6-7H2,(H2,15,16,17). The van der Waals surface area contributed by atoms with Gasteiger partial charge < -0.3 is 10.3 Å². The number of fused-ring (bicyclic) bond motifs is 1. The van der Waals surface area contributed by atoms with Gasteiger partial charge in [-0.2, -0.15) is 0 Å². The van der Waals surface area contributed by atoms with Gasteiger partial charge in [0.2, 0.25) is 5.95 Å². The second-order valence-corrected chi connectivity index (χ2v) is 4.30. The predicted molar refractivity (Wildman–Crippen MR) is 69.1 cm³/mol. The highest BCUT2D eigenvalue weighted by molar-refractivity contribution is 6.17. The van der Waals surface area contributed by atoms with E-state index in [0.29, 0.717) is 17.3 Å². The normalized spacial score (nSPS) is 10.9. The Morgan fingerprint density at radius 3 is 3.00 bits per heavy atom. The van der Waals surface area contributed by atoms with Gasteiger partial charge in [-0.3, -0.25) is 0 Å². The lowest BCUT2D eigenvalue weighted by atomic mass is 10.2. The van der Waals surface area contributed by atoms with Crippen LogP contribution in [0, 0.1) is 5.82 Å². The molecule has 3 nitrogen and oxygen atoms in total. The molecular formula is C12H15ClFN3. The summed E-state index contributed by atoms with van der Waals surface area (Å²) in [6.07, 6.45) is 3.19. The minimum absolute atomic E-state index is 0.255. The van der Waals surface area contributed by atoms with Gasteiger partial charge in [-0.1, -0.05) is 6.42 Å². The molecule has 0 amide bonds. The lowest BCUT2D eigenvalue weighted by Gasteiger charge is -2.01. The van der Waals surface area contributed by atoms with E-state index in [9.17, 15) is 4.39 Å². The van der Waals surface area contributed by atoms with Crippen molar-refractivity contribution in [2.75, 3.05) is 17.7 Å². The molecule has 5 heteroatoms. The van der Waals surface area contributed by atoms with E-state index in [1.165, 1.54) is 12.1 Å². The summed E-state index contributed by atoms with van der Waals surface area (Å²) in [5, 5.41) is 3.18. The van der Waals surface area contributed by atoms with Gasteiger partial charge in [0.15, 0.2) is 0 Å². The van der Waals surface area contributed by atoms with E-state index in [0.717, 1.165) is 31.3 Å². The van der Waals surface area contributed by atoms with Gasteiger partial charge in [-0.15, -0.1) is 11.6 Å². The average molecular weight is 256 g/mol. The molecule has 0 aliphatic heterocycles. The van der Waals surface area contributed by atoms with Crippen LogP contribution >= 0.6 is 11.6 Å². The molecule has 1 aromatic carbocycles. The number of aromatic amines is 1. The van der Waals surface area contributed by atoms with Crippen molar-refractivity contribution < 1.29 is 4.39 Å². The van der Waals surface area contributed by atoms with Crippen molar-refractivity contribution in [3.63, 3.8) is 0 Å². The number of anilines is 1. The van der Waals surface area contributed by atoms with Crippen LogP contribution in [0.4, 0.5) is 10.3 Å². The van der Waals surface area contributed by atoms with E-state index in [2.05, 4.69) is 15.3 Å². The number of halogens is 2. The second kappa shape index (κ2) is 5.87. The SMILES string of the molecule is Fc1ccc2nc(NCCCCCCl)[nH]c2c1. The molecule has 1 aromatic heterocycles. The monoisotopic (exact) mass is 255 g/mol. The summed E-state index contributed by atoms with van der Waals surface area (Å²) in [6, 6.07) is 4.52. The molecule has 0 saturated carbocycles. The molecule has 0 fully saturated rings. The Balaban J connectivity index is 1.91. The number of unbranched alkanes of at least 4 members (excludes halogenated alkanes) is 2. The van der Waals surface area contributed by atoms with Gasteiger partial charge in [0.1, 0.15) is 5.82 Å². The molecule has 17 heavy (non-hydrogen) atoms. The lowest BCUT2D eigenvalue weighted by molar-refractivity contribution is 0.629. The smallest absolute Gasteiger partial charge is 0.201 e. The predicted octanol–water partition coefficient (Wildman–Crippen LogP) is 3.52. The number of aromatic nitrogens is 2. The Morgan fingerprint density at radius 1 is 1.29 bits per heavy atom. The van der Waals surface area contributed by atoms with Crippen LogP contribution < -0.4 is 5.32 Å². The minimum atomic E-state index is -0.255. The fraction of sp³-hybridized carbons (Fsp3) is 0.417. The molecule has 1 heterocycles. The highest BCUT2D eigenvalue weighted by atomic mass is 35.5. The topological polar surface area (TPSA) is 40.7 Å². The number of alkyl halides is 1. The number of hydrogen-bond donors (Lipinski definition) is 2. The van der Waals surface area contributed by atoms with Crippen molar-refractivity contribution in [3.05, 3.63) is 24.0 Å². The van der Waals surface area contributed by atoms with E-state index in [4.69, 9.17) is 11.6 Å². The van der Waals surface area contributed by atoms with Crippen molar-refractivity contribution in [1.82, 2.24) is 9.97 Å². The molecule has 2 N–H and O–H groups in total. The Morgan fingerprint density at radius 2 is 2.18 bits per heavy atom. The van der Waals surface area contributed by atoms with Crippen molar-refractivity contribution in [3.8, 4) is 0 Å². The average Bonchev–Trinajstić information content (AvgIpc) is 2.70. The Hall–Kier alpha value is -1.29. The summed E-state index contributed by atoms with van der Waals surface area (Å²) in [6.45, 7) is 0.846. The third-order valence-corrected chi connectivity index (χ3v) is 2.81. The zero-order chi connectivity index (χ0) is 12.1. The molecule has 2 aromatic rings. The number of nitrogens with one attached hydrogen (secondary N) is 2. The fourth-order valence-corrected chi connectivity index (χ4v) is 1.86. The van der Waals surface area contributed by atoms with Gasteiger partial charge in [0, 0.05) is 12.4 Å². The maximum atomic E-state index is 13.0. The third kappa shape index (κ3) is 3.33. The van der Waals surface area contributed by atoms with Crippen LogP contribution in [-0.2, 0) is 0 Å². The van der Waals surface area contributed by atoms with Gasteiger partial charge in [0.25, 0.3) is 0 Å². The van der Waals surface area contributed by atoms with Crippen molar-refractivity contribution in [1.29, 1.82) is 0 Å². The zero-order valence-corrected chi connectivity index (χ0v) is 10.2. The van der Waals surface area contributed by atoms with E-state index >= 15 is 0 Å². The molecule has 0 unspecified atom stereocenters. The number of benzene rings is 1. The quantitative estimate of drug-likeness (QED) is 0.612. The number of rotatable bonds is 6. The van der Waals surface area contributed by atoms with E-state index in [1.54, 1.807) is 6.07 Å². The first-order valence-corrected chi connectivity index (χ1v) is 6.28. The molecule has 0 spiro atoms. The van der Waals surface area contributed by atoms with Gasteiger partial charge >= 0.3 is 0 Å². The number of nitrogens with zero attached hydrogens (tertiary/aromatic N) is 1. The third-order valence-electron chi connectivity index (χ3n) is 2.55. The molecule has 2 rings (SSSR count). The van der Waals surface area contributed by atoms with Gasteiger partial charge in [-0.25, -0.2) is 9.37 Å². The first-order chi connectivity index (χ1) is 8.29. The molecule has 92 valence electrons. The first kappa shape index (κ1) is 12.2. The Labute approximate surface area is 104 Å². The number of imidazole rings is 1. The summed E-state index contributed by atoms with van der Waals surface area (Å²) in [7, 11) is 0. The van der Waals surface area contributed by atoms with E-state index < -0.39 is 0 Å². The largest absolute Gasteiger partial charge is 0.356 e. The van der Waals surface area contributed by atoms with Crippen LogP contribution in [0.5, 0.6) is 0 Å². The number of H-pyrrole nitrogens is 1. The summed E-state index contributed by atoms with van der Waals surface area (Å²) in [5.41, 5.74) is 1.49. The lowest BCUT2D eigenvalue weighted by Crippen LogP contribution is -2.02. The Bertz CT molecular complexity index is 484. The molecule has 0 bridgehead atoms. The van der Waals surface area contributed by atoms with Crippen molar-refractivity contribution in [2.24, 2.45) is 0 Å². The second-order valence-electron chi connectivity index (χ2n) is 3.92. The van der Waals surface area contributed by atoms with E-state index in [1.807, 2.05) is 0 Å². The summed E-state index contributed by atoms with van der Waals surface area (Å²) < 4.78 is 13.0. The summed E-state index contributed by atoms with van der Waals surface area (Å²) in [4.78, 5) is 7.35. The van der Waals surface area contributed by atoms with Crippen LogP contribution in [-0.4, -0.2) is 22.4 Å². The Kier molecular flexibility index (Phi) is 4.20. The van der Waals surface area contributed by atoms with E-state index in [-0.39, 0.29) is 5.82 Å².